The van der Waals surface area contributed by atoms with Gasteiger partial charge in [0.2, 0.25) is 0 Å². The summed E-state index contributed by atoms with van der Waals surface area (Å²) in [5.74, 6) is -1.01. The second-order valence-electron chi connectivity index (χ2n) is 0.861. The van der Waals surface area contributed by atoms with E-state index in [0.717, 1.165) is 0 Å². The molecule has 1 N–H and O–H groups in total. The van der Waals surface area contributed by atoms with Crippen molar-refractivity contribution in [1.82, 2.24) is 0 Å². The van der Waals surface area contributed by atoms with Gasteiger partial charge >= 0.3 is 29.0 Å². The molecule has 0 aliphatic rings. The Balaban J connectivity index is 0. The van der Waals surface area contributed by atoms with Crippen LogP contribution in [0.2, 0.25) is 0 Å². The van der Waals surface area contributed by atoms with Crippen molar-refractivity contribution in [2.24, 2.45) is 0 Å². The first-order chi connectivity index (χ1) is 2.64. The highest BCUT2D eigenvalue weighted by Gasteiger charge is 1.93. The van der Waals surface area contributed by atoms with Crippen molar-refractivity contribution < 1.29 is 9.90 Å². The van der Waals surface area contributed by atoms with Gasteiger partial charge in [0.25, 0.3) is 0 Å². The summed E-state index contributed by atoms with van der Waals surface area (Å²) in [5.41, 5.74) is 0. The predicted octanol–water partition coefficient (Wildman–Crippen LogP) is -0.455. The lowest BCUT2D eigenvalue weighted by molar-refractivity contribution is -0.129. The molecule has 0 aromatic heterocycles. The van der Waals surface area contributed by atoms with Crippen LogP contribution in [0.1, 0.15) is 6.92 Å². The van der Waals surface area contributed by atoms with Crippen molar-refractivity contribution in [1.29, 1.82) is 0 Å². The zero-order valence-corrected chi connectivity index (χ0v) is 4.08. The molecule has 0 spiro atoms. The highest BCUT2D eigenvalue weighted by Crippen LogP contribution is 1.69. The SMILES string of the molecule is CC(=S)C(=O)O.[MgH2]. The van der Waals surface area contributed by atoms with Crippen molar-refractivity contribution in [2.45, 2.75) is 6.92 Å². The highest BCUT2D eigenvalue weighted by atomic mass is 32.1. The van der Waals surface area contributed by atoms with E-state index in [2.05, 4.69) is 12.2 Å². The summed E-state index contributed by atoms with van der Waals surface area (Å²) in [4.78, 5) is 9.57. The van der Waals surface area contributed by atoms with Gasteiger partial charge in [0.1, 0.15) is 0 Å². The molecule has 7 heavy (non-hydrogen) atoms. The molecule has 0 atom stereocenters. The zero-order chi connectivity index (χ0) is 5.15. The molecule has 0 saturated heterocycles. The monoisotopic (exact) mass is 130 g/mol. The molecule has 4 heteroatoms. The molecule has 0 unspecified atom stereocenters. The van der Waals surface area contributed by atoms with Gasteiger partial charge in [-0.25, -0.2) is 4.79 Å². The van der Waals surface area contributed by atoms with Gasteiger partial charge in [-0.05, 0) is 6.92 Å². The number of carboxylic acids is 1. The van der Waals surface area contributed by atoms with E-state index >= 15 is 0 Å². The molecule has 38 valence electrons. The van der Waals surface area contributed by atoms with Crippen LogP contribution in [0.5, 0.6) is 0 Å². The first-order valence-corrected chi connectivity index (χ1v) is 1.79. The highest BCUT2D eigenvalue weighted by molar-refractivity contribution is 7.82. The Morgan fingerprint density at radius 2 is 1.86 bits per heavy atom. The first-order valence-electron chi connectivity index (χ1n) is 1.38. The van der Waals surface area contributed by atoms with Crippen LogP contribution in [0.3, 0.4) is 0 Å². The summed E-state index contributed by atoms with van der Waals surface area (Å²) in [6.07, 6.45) is 0. The summed E-state index contributed by atoms with van der Waals surface area (Å²) in [6, 6.07) is 0. The van der Waals surface area contributed by atoms with E-state index in [1.165, 1.54) is 6.92 Å². The van der Waals surface area contributed by atoms with Gasteiger partial charge in [0, 0.05) is 0 Å². The molecule has 0 heterocycles. The van der Waals surface area contributed by atoms with Crippen LogP contribution < -0.4 is 0 Å². The lowest BCUT2D eigenvalue weighted by atomic mass is 10.5. The minimum absolute atomic E-state index is 0. The molecule has 0 aliphatic carbocycles. The maximum atomic E-state index is 9.56. The number of carbonyl (C=O) groups is 1. The van der Waals surface area contributed by atoms with E-state index in [4.69, 9.17) is 5.11 Å². The Bertz CT molecular complexity index is 78.9. The van der Waals surface area contributed by atoms with E-state index in [1.807, 2.05) is 0 Å². The van der Waals surface area contributed by atoms with Gasteiger partial charge in [-0.15, -0.1) is 0 Å². The number of carboxylic acid groups (broad SMARTS) is 1. The molecule has 0 radical (unpaired) electrons. The maximum absolute atomic E-state index is 9.56. The van der Waals surface area contributed by atoms with E-state index in [1.54, 1.807) is 0 Å². The van der Waals surface area contributed by atoms with E-state index < -0.39 is 5.97 Å². The van der Waals surface area contributed by atoms with Crippen LogP contribution in [0, 0.1) is 0 Å². The minimum Gasteiger partial charge on any atom is -0.477 e. The van der Waals surface area contributed by atoms with Crippen LogP contribution in [-0.2, 0) is 4.79 Å². The molecule has 0 fully saturated rings. The molecule has 0 amide bonds. The van der Waals surface area contributed by atoms with Crippen LogP contribution in [0.4, 0.5) is 0 Å². The van der Waals surface area contributed by atoms with Gasteiger partial charge in [-0.3, -0.25) is 0 Å². The molecule has 2 nitrogen and oxygen atoms in total. The fourth-order valence-electron chi connectivity index (χ4n) is 0. The topological polar surface area (TPSA) is 37.3 Å². The van der Waals surface area contributed by atoms with Crippen molar-refractivity contribution in [3.05, 3.63) is 0 Å². The molecule has 0 bridgehead atoms. The fourth-order valence-corrected chi connectivity index (χ4v) is 0. The van der Waals surface area contributed by atoms with Crippen molar-refractivity contribution in [3.8, 4) is 0 Å². The number of rotatable bonds is 1. The standard InChI is InChI=1S/C3H4O2S.Mg.2H/c1-2(6)3(4)5;;;/h1H3,(H,4,5);;;. The zero-order valence-electron chi connectivity index (χ0n) is 3.26. The Labute approximate surface area is 63.1 Å². The van der Waals surface area contributed by atoms with E-state index in [-0.39, 0.29) is 27.9 Å². The molecule has 0 aliphatic heterocycles. The van der Waals surface area contributed by atoms with E-state index in [0.29, 0.717) is 0 Å². The average molecular weight is 130 g/mol. The average Bonchev–Trinajstić information content (AvgIpc) is 1.36. The second-order valence-corrected chi connectivity index (χ2v) is 1.47. The second kappa shape index (κ2) is 4.48. The Morgan fingerprint density at radius 1 is 1.71 bits per heavy atom. The molecule has 0 saturated carbocycles. The van der Waals surface area contributed by atoms with Crippen LogP contribution in [0.25, 0.3) is 0 Å². The lowest BCUT2D eigenvalue weighted by Crippen LogP contribution is -2.03. The van der Waals surface area contributed by atoms with Crippen LogP contribution in [-0.4, -0.2) is 39.0 Å². The molecule has 0 aromatic rings. The first kappa shape index (κ1) is 10.3. The normalized spacial score (nSPS) is 6.43. The third-order valence-electron chi connectivity index (χ3n) is 0.301. The van der Waals surface area contributed by atoms with Gasteiger partial charge in [0.05, 0.1) is 4.86 Å². The Morgan fingerprint density at radius 3 is 1.86 bits per heavy atom. The minimum atomic E-state index is -1.01. The molecule has 0 aromatic carbocycles. The van der Waals surface area contributed by atoms with Gasteiger partial charge in [-0.1, -0.05) is 12.2 Å². The summed E-state index contributed by atoms with van der Waals surface area (Å²) < 4.78 is 0. The summed E-state index contributed by atoms with van der Waals surface area (Å²) in [7, 11) is 0. The van der Waals surface area contributed by atoms with E-state index in [9.17, 15) is 4.79 Å². The maximum Gasteiger partial charge on any atom is 0.342 e. The Hall–Kier alpha value is 0.326. The number of aliphatic carboxylic acids is 1. The van der Waals surface area contributed by atoms with Gasteiger partial charge < -0.3 is 5.11 Å². The largest absolute Gasteiger partial charge is 0.477 e. The summed E-state index contributed by atoms with van der Waals surface area (Å²) in [5, 5.41) is 7.85. The predicted molar refractivity (Wildman–Crippen MR) is 34.5 cm³/mol. The summed E-state index contributed by atoms with van der Waals surface area (Å²) in [6.45, 7) is 1.37. The third kappa shape index (κ3) is 6.33. The van der Waals surface area contributed by atoms with Crippen LogP contribution >= 0.6 is 12.2 Å². The van der Waals surface area contributed by atoms with Gasteiger partial charge in [0.15, 0.2) is 0 Å². The Kier molecular flexibility index (Phi) is 6.62. The molecular formula is C3H6MgO2S. The smallest absolute Gasteiger partial charge is 0.342 e. The quantitative estimate of drug-likeness (QED) is 0.386. The number of hydrogen-bond acceptors (Lipinski definition) is 2. The van der Waals surface area contributed by atoms with Gasteiger partial charge in [-0.2, -0.15) is 0 Å². The van der Waals surface area contributed by atoms with Crippen molar-refractivity contribution >= 4 is 46.1 Å². The van der Waals surface area contributed by atoms with Crippen LogP contribution in [0.15, 0.2) is 0 Å². The third-order valence-corrected chi connectivity index (χ3v) is 0.476. The number of hydrogen-bond donors (Lipinski definition) is 1. The lowest BCUT2D eigenvalue weighted by Gasteiger charge is -1.77. The molecular weight excluding hydrogens is 124 g/mol. The van der Waals surface area contributed by atoms with Crippen molar-refractivity contribution in [3.63, 3.8) is 0 Å². The van der Waals surface area contributed by atoms with Crippen molar-refractivity contribution in [2.75, 3.05) is 0 Å². The number of thiocarbonyl (C=S) groups is 1. The fraction of sp³-hybridized carbons (Fsp3) is 0.333. The summed E-state index contributed by atoms with van der Waals surface area (Å²) >= 11 is 4.22. The molecule has 0 rings (SSSR count).